The van der Waals surface area contributed by atoms with Crippen LogP contribution in [0.5, 0.6) is 0 Å². The Labute approximate surface area is 109 Å². The van der Waals surface area contributed by atoms with Crippen LogP contribution in [0.1, 0.15) is 30.6 Å². The van der Waals surface area contributed by atoms with E-state index in [9.17, 15) is 0 Å². The lowest BCUT2D eigenvalue weighted by Gasteiger charge is -2.04. The molecule has 0 fully saturated rings. The second-order valence-electron chi connectivity index (χ2n) is 4.04. The Kier molecular flexibility index (Phi) is 3.59. The molecule has 4 nitrogen and oxygen atoms in total. The topological polar surface area (TPSA) is 56.7 Å². The summed E-state index contributed by atoms with van der Waals surface area (Å²) in [6.07, 6.45) is 2.74. The number of aromatic nitrogens is 3. The summed E-state index contributed by atoms with van der Waals surface area (Å²) in [7, 11) is 0. The van der Waals surface area contributed by atoms with E-state index in [4.69, 9.17) is 5.73 Å². The average Bonchev–Trinajstić information content (AvgIpc) is 2.81. The van der Waals surface area contributed by atoms with Crippen molar-refractivity contribution in [3.05, 3.63) is 40.1 Å². The molecule has 0 bridgehead atoms. The Morgan fingerprint density at radius 1 is 1.47 bits per heavy atom. The fraction of sp³-hybridized carbons (Fsp3) is 0.333. The summed E-state index contributed by atoms with van der Waals surface area (Å²) < 4.78 is 2.81. The molecule has 0 saturated carbocycles. The maximum absolute atomic E-state index is 5.91. The Bertz CT molecular complexity index is 521. The monoisotopic (exact) mass is 294 g/mol. The number of hydrogen-bond donors (Lipinski definition) is 1. The molecule has 0 aliphatic heterocycles. The van der Waals surface area contributed by atoms with Gasteiger partial charge >= 0.3 is 0 Å². The molecule has 2 N–H and O–H groups in total. The molecule has 17 heavy (non-hydrogen) atoms. The van der Waals surface area contributed by atoms with Crippen molar-refractivity contribution in [3.63, 3.8) is 0 Å². The van der Waals surface area contributed by atoms with Gasteiger partial charge in [-0.3, -0.25) is 0 Å². The lowest BCUT2D eigenvalue weighted by Crippen LogP contribution is -2.08. The quantitative estimate of drug-likeness (QED) is 0.947. The van der Waals surface area contributed by atoms with Gasteiger partial charge in [-0.05, 0) is 31.0 Å². The molecule has 0 radical (unpaired) electrons. The van der Waals surface area contributed by atoms with Gasteiger partial charge in [0, 0.05) is 4.47 Å². The van der Waals surface area contributed by atoms with Gasteiger partial charge in [-0.15, -0.1) is 5.10 Å². The lowest BCUT2D eigenvalue weighted by atomic mass is 10.2. The molecule has 1 unspecified atom stereocenters. The van der Waals surface area contributed by atoms with Crippen molar-refractivity contribution in [2.45, 2.75) is 26.3 Å². The van der Waals surface area contributed by atoms with E-state index in [0.29, 0.717) is 0 Å². The van der Waals surface area contributed by atoms with Gasteiger partial charge in [0.1, 0.15) is 0 Å². The molecular formula is C12H15BrN4. The van der Waals surface area contributed by atoms with Gasteiger partial charge in [-0.25, -0.2) is 4.68 Å². The maximum atomic E-state index is 5.91. The molecule has 0 spiro atoms. The van der Waals surface area contributed by atoms with Crippen LogP contribution >= 0.6 is 15.9 Å². The molecular weight excluding hydrogens is 280 g/mol. The number of nitrogens with zero attached hydrogens (tertiary/aromatic N) is 3. The van der Waals surface area contributed by atoms with Crippen LogP contribution in [-0.2, 0) is 0 Å². The van der Waals surface area contributed by atoms with E-state index in [0.717, 1.165) is 22.3 Å². The molecule has 1 aromatic heterocycles. The van der Waals surface area contributed by atoms with Crippen molar-refractivity contribution in [1.29, 1.82) is 0 Å². The van der Waals surface area contributed by atoms with Crippen LogP contribution in [0.15, 0.2) is 28.9 Å². The third-order valence-corrected chi connectivity index (χ3v) is 3.61. The van der Waals surface area contributed by atoms with Crippen LogP contribution in [0, 0.1) is 6.92 Å². The summed E-state index contributed by atoms with van der Waals surface area (Å²) in [4.78, 5) is 0. The zero-order chi connectivity index (χ0) is 12.4. The van der Waals surface area contributed by atoms with Crippen LogP contribution in [0.3, 0.4) is 0 Å². The van der Waals surface area contributed by atoms with Gasteiger partial charge in [0.25, 0.3) is 0 Å². The summed E-state index contributed by atoms with van der Waals surface area (Å²) in [5.41, 5.74) is 8.91. The second-order valence-corrected chi connectivity index (χ2v) is 4.89. The highest BCUT2D eigenvalue weighted by atomic mass is 79.9. The Morgan fingerprint density at radius 2 is 2.24 bits per heavy atom. The lowest BCUT2D eigenvalue weighted by molar-refractivity contribution is 0.670. The predicted octanol–water partition coefficient (Wildman–Crippen LogP) is 2.75. The first kappa shape index (κ1) is 12.3. The van der Waals surface area contributed by atoms with Gasteiger partial charge in [0.2, 0.25) is 0 Å². The van der Waals surface area contributed by atoms with Crippen LogP contribution in [-0.4, -0.2) is 15.0 Å². The highest BCUT2D eigenvalue weighted by Crippen LogP contribution is 2.20. The number of rotatable bonds is 3. The van der Waals surface area contributed by atoms with E-state index in [1.54, 1.807) is 4.68 Å². The first-order valence-corrected chi connectivity index (χ1v) is 6.35. The van der Waals surface area contributed by atoms with Crippen molar-refractivity contribution < 1.29 is 0 Å². The molecule has 1 heterocycles. The zero-order valence-electron chi connectivity index (χ0n) is 9.89. The fourth-order valence-electron chi connectivity index (χ4n) is 1.51. The Balaban J connectivity index is 2.33. The van der Waals surface area contributed by atoms with Gasteiger partial charge < -0.3 is 5.73 Å². The molecule has 90 valence electrons. The SMILES string of the molecule is CCC(N)c1cn(-c2ccc(C)c(Br)c2)nn1. The molecule has 0 saturated heterocycles. The van der Waals surface area contributed by atoms with Gasteiger partial charge in [-0.2, -0.15) is 0 Å². The molecule has 1 atom stereocenters. The van der Waals surface area contributed by atoms with E-state index < -0.39 is 0 Å². The summed E-state index contributed by atoms with van der Waals surface area (Å²) in [5, 5.41) is 8.18. The third kappa shape index (κ3) is 2.56. The van der Waals surface area contributed by atoms with Crippen molar-refractivity contribution in [1.82, 2.24) is 15.0 Å². The van der Waals surface area contributed by atoms with E-state index in [-0.39, 0.29) is 6.04 Å². The van der Waals surface area contributed by atoms with Crippen LogP contribution < -0.4 is 5.73 Å². The highest BCUT2D eigenvalue weighted by Gasteiger charge is 2.09. The normalized spacial score (nSPS) is 12.7. The number of halogens is 1. The second kappa shape index (κ2) is 4.98. The molecule has 0 amide bonds. The average molecular weight is 295 g/mol. The van der Waals surface area contributed by atoms with Gasteiger partial charge in [0.15, 0.2) is 0 Å². The van der Waals surface area contributed by atoms with E-state index in [1.807, 2.05) is 38.2 Å². The fourth-order valence-corrected chi connectivity index (χ4v) is 1.87. The predicted molar refractivity (Wildman–Crippen MR) is 71.0 cm³/mol. The van der Waals surface area contributed by atoms with Crippen molar-refractivity contribution in [3.8, 4) is 5.69 Å². The Hall–Kier alpha value is -1.20. The van der Waals surface area contributed by atoms with Gasteiger partial charge in [0.05, 0.1) is 23.6 Å². The summed E-state index contributed by atoms with van der Waals surface area (Å²) in [5.74, 6) is 0. The van der Waals surface area contributed by atoms with Crippen molar-refractivity contribution in [2.24, 2.45) is 5.73 Å². The minimum Gasteiger partial charge on any atom is -0.323 e. The molecule has 1 aromatic carbocycles. The third-order valence-electron chi connectivity index (χ3n) is 2.75. The first-order chi connectivity index (χ1) is 8.11. The smallest absolute Gasteiger partial charge is 0.0998 e. The largest absolute Gasteiger partial charge is 0.323 e. The van der Waals surface area contributed by atoms with E-state index >= 15 is 0 Å². The van der Waals surface area contributed by atoms with Gasteiger partial charge in [-0.1, -0.05) is 34.1 Å². The van der Waals surface area contributed by atoms with Crippen LogP contribution in [0.25, 0.3) is 5.69 Å². The molecule has 2 rings (SSSR count). The number of benzene rings is 1. The molecule has 0 aliphatic carbocycles. The number of hydrogen-bond acceptors (Lipinski definition) is 3. The first-order valence-electron chi connectivity index (χ1n) is 5.56. The molecule has 5 heteroatoms. The molecule has 0 aliphatic rings. The standard InChI is InChI=1S/C12H15BrN4/c1-3-11(14)12-7-17(16-15-12)9-5-4-8(2)10(13)6-9/h4-7,11H,3,14H2,1-2H3. The van der Waals surface area contributed by atoms with E-state index in [2.05, 4.69) is 26.2 Å². The zero-order valence-corrected chi connectivity index (χ0v) is 11.5. The van der Waals surface area contributed by atoms with E-state index in [1.165, 1.54) is 5.56 Å². The number of nitrogens with two attached hydrogens (primary N) is 1. The molecule has 2 aromatic rings. The minimum atomic E-state index is -0.0439. The highest BCUT2D eigenvalue weighted by molar-refractivity contribution is 9.10. The number of aryl methyl sites for hydroxylation is 1. The summed E-state index contributed by atoms with van der Waals surface area (Å²) in [6.45, 7) is 4.08. The minimum absolute atomic E-state index is 0.0439. The Morgan fingerprint density at radius 3 is 2.88 bits per heavy atom. The van der Waals surface area contributed by atoms with Crippen molar-refractivity contribution in [2.75, 3.05) is 0 Å². The van der Waals surface area contributed by atoms with Crippen LogP contribution in [0.2, 0.25) is 0 Å². The summed E-state index contributed by atoms with van der Waals surface area (Å²) >= 11 is 3.51. The maximum Gasteiger partial charge on any atom is 0.0998 e. The summed E-state index contributed by atoms with van der Waals surface area (Å²) in [6, 6.07) is 6.03. The van der Waals surface area contributed by atoms with Crippen LogP contribution in [0.4, 0.5) is 0 Å². The van der Waals surface area contributed by atoms with Crippen molar-refractivity contribution >= 4 is 15.9 Å².